The van der Waals surface area contributed by atoms with E-state index in [1.807, 2.05) is 24.3 Å². The molecule has 7 heteroatoms. The largest absolute Gasteiger partial charge is 0.294 e. The van der Waals surface area contributed by atoms with Crippen LogP contribution in [0.15, 0.2) is 46.1 Å². The molecule has 1 amide bonds. The molecule has 0 aliphatic carbocycles. The molecule has 6 nitrogen and oxygen atoms in total. The van der Waals surface area contributed by atoms with Crippen LogP contribution in [0.5, 0.6) is 0 Å². The minimum absolute atomic E-state index is 0.168. The second-order valence-corrected chi connectivity index (χ2v) is 5.04. The Morgan fingerprint density at radius 2 is 2.05 bits per heavy atom. The lowest BCUT2D eigenvalue weighted by molar-refractivity contribution is -0.120. The van der Waals surface area contributed by atoms with E-state index in [1.54, 1.807) is 0 Å². The number of carbonyl (C=O) groups excluding carboxylic acids is 1. The number of rotatable bonds is 4. The van der Waals surface area contributed by atoms with Crippen LogP contribution in [0.1, 0.15) is 11.1 Å². The summed E-state index contributed by atoms with van der Waals surface area (Å²) in [5.74, 6) is 4.82. The molecule has 2 aromatic rings. The van der Waals surface area contributed by atoms with Gasteiger partial charge >= 0.3 is 0 Å². The quantitative estimate of drug-likeness (QED) is 0.485. The van der Waals surface area contributed by atoms with Crippen molar-refractivity contribution in [3.8, 4) is 0 Å². The third-order valence-electron chi connectivity index (χ3n) is 2.83. The van der Waals surface area contributed by atoms with E-state index in [-0.39, 0.29) is 17.9 Å². The van der Waals surface area contributed by atoms with Gasteiger partial charge in [0.2, 0.25) is 5.91 Å². The summed E-state index contributed by atoms with van der Waals surface area (Å²) in [6, 6.07) is 7.40. The monoisotopic (exact) mass is 336 g/mol. The molecule has 0 atom stereocenters. The summed E-state index contributed by atoms with van der Waals surface area (Å²) >= 11 is 3.15. The van der Waals surface area contributed by atoms with Gasteiger partial charge in [-0.1, -0.05) is 24.3 Å². The van der Waals surface area contributed by atoms with Gasteiger partial charge in [0.15, 0.2) is 0 Å². The van der Waals surface area contributed by atoms with Crippen molar-refractivity contribution in [1.29, 1.82) is 0 Å². The van der Waals surface area contributed by atoms with Crippen LogP contribution in [0.3, 0.4) is 0 Å². The van der Waals surface area contributed by atoms with Gasteiger partial charge < -0.3 is 0 Å². The van der Waals surface area contributed by atoms with Crippen LogP contribution >= 0.6 is 15.9 Å². The average Bonchev–Trinajstić information content (AvgIpc) is 2.45. The van der Waals surface area contributed by atoms with Gasteiger partial charge in [0, 0.05) is 6.20 Å². The van der Waals surface area contributed by atoms with E-state index in [9.17, 15) is 9.59 Å². The molecule has 1 aromatic carbocycles. The predicted octanol–water partition coefficient (Wildman–Crippen LogP) is 0.586. The summed E-state index contributed by atoms with van der Waals surface area (Å²) in [6.45, 7) is 0.347. The summed E-state index contributed by atoms with van der Waals surface area (Å²) in [6.07, 6.45) is 3.09. The molecule has 1 heterocycles. The van der Waals surface area contributed by atoms with Gasteiger partial charge in [0.05, 0.1) is 19.3 Å². The van der Waals surface area contributed by atoms with Crippen molar-refractivity contribution in [3.05, 3.63) is 62.7 Å². The van der Waals surface area contributed by atoms with Crippen molar-refractivity contribution in [2.45, 2.75) is 13.0 Å². The second kappa shape index (κ2) is 6.44. The fraction of sp³-hybridized carbons (Fsp3) is 0.154. The fourth-order valence-corrected chi connectivity index (χ4v) is 2.17. The highest BCUT2D eigenvalue weighted by molar-refractivity contribution is 9.10. The molecule has 0 saturated heterocycles. The predicted molar refractivity (Wildman–Crippen MR) is 77.8 cm³/mol. The molecule has 0 bridgehead atoms. The van der Waals surface area contributed by atoms with E-state index in [0.29, 0.717) is 11.0 Å². The van der Waals surface area contributed by atoms with Crippen LogP contribution in [-0.4, -0.2) is 15.5 Å². The maximum atomic E-state index is 11.9. The van der Waals surface area contributed by atoms with Crippen molar-refractivity contribution in [2.75, 3.05) is 0 Å². The number of hydrazine groups is 1. The standard InChI is InChI=1S/C13H13BrN4O2/c14-11-6-16-8-18(13(11)20)7-10-4-2-1-3-9(10)5-12(19)17-15/h1-4,6,8H,5,7,15H2,(H,17,19). The van der Waals surface area contributed by atoms with Crippen LogP contribution in [0.2, 0.25) is 0 Å². The number of nitrogens with one attached hydrogen (secondary N) is 1. The number of aromatic nitrogens is 2. The number of nitrogens with two attached hydrogens (primary N) is 1. The number of halogens is 1. The molecule has 0 radical (unpaired) electrons. The van der Waals surface area contributed by atoms with Crippen molar-refractivity contribution in [1.82, 2.24) is 15.0 Å². The number of hydrogen-bond donors (Lipinski definition) is 2. The summed E-state index contributed by atoms with van der Waals surface area (Å²) in [5.41, 5.74) is 3.62. The van der Waals surface area contributed by atoms with Crippen LogP contribution in [0.25, 0.3) is 0 Å². The van der Waals surface area contributed by atoms with Gasteiger partial charge in [-0.25, -0.2) is 10.8 Å². The number of nitrogens with zero attached hydrogens (tertiary/aromatic N) is 2. The third kappa shape index (κ3) is 3.31. The summed E-state index contributed by atoms with van der Waals surface area (Å²) in [4.78, 5) is 27.3. The van der Waals surface area contributed by atoms with Crippen LogP contribution < -0.4 is 16.8 Å². The SMILES string of the molecule is NNC(=O)Cc1ccccc1Cn1cncc(Br)c1=O. The summed E-state index contributed by atoms with van der Waals surface area (Å²) in [5, 5.41) is 0. The van der Waals surface area contributed by atoms with E-state index in [0.717, 1.165) is 11.1 Å². The molecule has 1 aromatic heterocycles. The lowest BCUT2D eigenvalue weighted by Gasteiger charge is -2.10. The Morgan fingerprint density at radius 3 is 2.75 bits per heavy atom. The first kappa shape index (κ1) is 14.4. The normalized spacial score (nSPS) is 10.3. The number of hydrogen-bond acceptors (Lipinski definition) is 4. The zero-order valence-electron chi connectivity index (χ0n) is 10.5. The molecule has 104 valence electrons. The van der Waals surface area contributed by atoms with Gasteiger partial charge in [-0.3, -0.25) is 19.6 Å². The zero-order chi connectivity index (χ0) is 14.5. The first-order chi connectivity index (χ1) is 9.61. The Balaban J connectivity index is 2.32. The minimum atomic E-state index is -0.280. The van der Waals surface area contributed by atoms with Gasteiger partial charge in [-0.15, -0.1) is 0 Å². The van der Waals surface area contributed by atoms with Crippen molar-refractivity contribution in [2.24, 2.45) is 5.84 Å². The first-order valence-electron chi connectivity index (χ1n) is 5.88. The lowest BCUT2D eigenvalue weighted by Crippen LogP contribution is -2.31. The van der Waals surface area contributed by atoms with Crippen molar-refractivity contribution < 1.29 is 4.79 Å². The highest BCUT2D eigenvalue weighted by Gasteiger charge is 2.08. The van der Waals surface area contributed by atoms with E-state index in [1.165, 1.54) is 17.1 Å². The molecule has 0 fully saturated rings. The van der Waals surface area contributed by atoms with Gasteiger partial charge in [-0.2, -0.15) is 0 Å². The molecule has 2 rings (SSSR count). The molecule has 20 heavy (non-hydrogen) atoms. The van der Waals surface area contributed by atoms with Gasteiger partial charge in [-0.05, 0) is 27.1 Å². The Morgan fingerprint density at radius 1 is 1.35 bits per heavy atom. The zero-order valence-corrected chi connectivity index (χ0v) is 12.1. The highest BCUT2D eigenvalue weighted by atomic mass is 79.9. The smallest absolute Gasteiger partial charge is 0.267 e. The third-order valence-corrected chi connectivity index (χ3v) is 3.37. The highest BCUT2D eigenvalue weighted by Crippen LogP contribution is 2.11. The molecule has 0 saturated carbocycles. The Bertz CT molecular complexity index is 684. The van der Waals surface area contributed by atoms with Gasteiger partial charge in [0.1, 0.15) is 4.47 Å². The minimum Gasteiger partial charge on any atom is -0.294 e. The molecule has 0 aliphatic rings. The first-order valence-corrected chi connectivity index (χ1v) is 6.67. The maximum absolute atomic E-state index is 11.9. The summed E-state index contributed by atoms with van der Waals surface area (Å²) in [7, 11) is 0. The van der Waals surface area contributed by atoms with E-state index < -0.39 is 0 Å². The van der Waals surface area contributed by atoms with Crippen LogP contribution in [-0.2, 0) is 17.8 Å². The number of carbonyl (C=O) groups is 1. The lowest BCUT2D eigenvalue weighted by atomic mass is 10.0. The second-order valence-electron chi connectivity index (χ2n) is 4.19. The van der Waals surface area contributed by atoms with Crippen LogP contribution in [0.4, 0.5) is 0 Å². The van der Waals surface area contributed by atoms with Crippen molar-refractivity contribution >= 4 is 21.8 Å². The molecule has 3 N–H and O–H groups in total. The van der Waals surface area contributed by atoms with Gasteiger partial charge in [0.25, 0.3) is 5.56 Å². The number of amides is 1. The molecular formula is C13H13BrN4O2. The molecule has 0 spiro atoms. The van der Waals surface area contributed by atoms with Crippen molar-refractivity contribution in [3.63, 3.8) is 0 Å². The Labute approximate surface area is 123 Å². The topological polar surface area (TPSA) is 90.0 Å². The van der Waals surface area contributed by atoms with E-state index in [4.69, 9.17) is 5.84 Å². The van der Waals surface area contributed by atoms with E-state index >= 15 is 0 Å². The Kier molecular flexibility index (Phi) is 4.65. The molecule has 0 unspecified atom stereocenters. The molecular weight excluding hydrogens is 324 g/mol. The average molecular weight is 337 g/mol. The fourth-order valence-electron chi connectivity index (χ4n) is 1.83. The van der Waals surface area contributed by atoms with Crippen LogP contribution in [0, 0.1) is 0 Å². The molecule has 0 aliphatic heterocycles. The maximum Gasteiger partial charge on any atom is 0.267 e. The summed E-state index contributed by atoms with van der Waals surface area (Å²) < 4.78 is 1.88. The Hall–Kier alpha value is -1.99. The number of benzene rings is 1. The van der Waals surface area contributed by atoms with E-state index in [2.05, 4.69) is 26.3 Å².